The third-order valence-corrected chi connectivity index (χ3v) is 3.80. The van der Waals surface area contributed by atoms with E-state index in [1.54, 1.807) is 36.4 Å². The standard InChI is InChI=1S/C19H15NO5/c1-12-6-5-9-14-17(12)25-18(13-7-3-2-4-8-13)19(24)20(14)15(21)10-11-16(22)23/h2-11,18H,1H3,(H,22,23)/b11-10+. The van der Waals surface area contributed by atoms with Crippen molar-refractivity contribution in [2.75, 3.05) is 4.90 Å². The number of aliphatic carboxylic acids is 1. The molecule has 2 amide bonds. The van der Waals surface area contributed by atoms with Crippen LogP contribution < -0.4 is 9.64 Å². The second kappa shape index (κ2) is 6.60. The van der Waals surface area contributed by atoms with Gasteiger partial charge < -0.3 is 9.84 Å². The van der Waals surface area contributed by atoms with Crippen molar-refractivity contribution in [2.45, 2.75) is 13.0 Å². The zero-order chi connectivity index (χ0) is 18.0. The maximum Gasteiger partial charge on any atom is 0.328 e. The molecule has 1 N–H and O–H groups in total. The van der Waals surface area contributed by atoms with Crippen molar-refractivity contribution < 1.29 is 24.2 Å². The molecule has 3 rings (SSSR count). The summed E-state index contributed by atoms with van der Waals surface area (Å²) < 4.78 is 5.88. The lowest BCUT2D eigenvalue weighted by molar-refractivity contribution is -0.133. The molecule has 126 valence electrons. The topological polar surface area (TPSA) is 83.9 Å². The van der Waals surface area contributed by atoms with Gasteiger partial charge in [0.2, 0.25) is 6.10 Å². The van der Waals surface area contributed by atoms with Crippen molar-refractivity contribution in [3.63, 3.8) is 0 Å². The molecule has 1 unspecified atom stereocenters. The summed E-state index contributed by atoms with van der Waals surface area (Å²) in [6, 6.07) is 13.9. The molecule has 2 aromatic rings. The van der Waals surface area contributed by atoms with E-state index >= 15 is 0 Å². The van der Waals surface area contributed by atoms with Gasteiger partial charge >= 0.3 is 5.97 Å². The summed E-state index contributed by atoms with van der Waals surface area (Å²) in [5.74, 6) is -2.14. The van der Waals surface area contributed by atoms with Gasteiger partial charge in [0, 0.05) is 17.7 Å². The fourth-order valence-corrected chi connectivity index (χ4v) is 2.65. The number of rotatable bonds is 3. The number of benzene rings is 2. The molecule has 1 aliphatic heterocycles. The minimum atomic E-state index is -1.27. The molecule has 0 bridgehead atoms. The highest BCUT2D eigenvalue weighted by Crippen LogP contribution is 2.41. The van der Waals surface area contributed by atoms with Crippen LogP contribution in [0.25, 0.3) is 0 Å². The van der Waals surface area contributed by atoms with Crippen LogP contribution in [0, 0.1) is 6.92 Å². The maximum atomic E-state index is 12.9. The Morgan fingerprint density at radius 3 is 2.48 bits per heavy atom. The number of aryl methyl sites for hydroxylation is 1. The maximum absolute atomic E-state index is 12.9. The Morgan fingerprint density at radius 1 is 1.08 bits per heavy atom. The van der Waals surface area contributed by atoms with Gasteiger partial charge in [-0.25, -0.2) is 9.69 Å². The zero-order valence-corrected chi connectivity index (χ0v) is 13.4. The lowest BCUT2D eigenvalue weighted by Gasteiger charge is -2.33. The highest BCUT2D eigenvalue weighted by atomic mass is 16.5. The van der Waals surface area contributed by atoms with Gasteiger partial charge in [-0.1, -0.05) is 42.5 Å². The first-order chi connectivity index (χ1) is 12.0. The fourth-order valence-electron chi connectivity index (χ4n) is 2.65. The van der Waals surface area contributed by atoms with Crippen LogP contribution >= 0.6 is 0 Å². The van der Waals surface area contributed by atoms with Crippen molar-refractivity contribution in [3.8, 4) is 5.75 Å². The average molecular weight is 337 g/mol. The van der Waals surface area contributed by atoms with Gasteiger partial charge in [0.25, 0.3) is 11.8 Å². The minimum Gasteiger partial charge on any atom is -0.478 e. The van der Waals surface area contributed by atoms with Crippen LogP contribution in [-0.4, -0.2) is 22.9 Å². The Morgan fingerprint density at radius 2 is 1.80 bits per heavy atom. The van der Waals surface area contributed by atoms with Crippen LogP contribution in [0.3, 0.4) is 0 Å². The number of fused-ring (bicyclic) bond motifs is 1. The van der Waals surface area contributed by atoms with E-state index in [9.17, 15) is 14.4 Å². The van der Waals surface area contributed by atoms with E-state index in [2.05, 4.69) is 0 Å². The summed E-state index contributed by atoms with van der Waals surface area (Å²) >= 11 is 0. The minimum absolute atomic E-state index is 0.303. The SMILES string of the molecule is Cc1cccc2c1OC(c1ccccc1)C(=O)N2C(=O)/C=C/C(=O)O. The van der Waals surface area contributed by atoms with E-state index in [0.717, 1.165) is 16.5 Å². The second-order valence-electron chi connectivity index (χ2n) is 5.52. The number of carboxylic acid groups (broad SMARTS) is 1. The number of para-hydroxylation sites is 1. The van der Waals surface area contributed by atoms with Crippen LogP contribution in [-0.2, 0) is 14.4 Å². The molecule has 0 aromatic heterocycles. The zero-order valence-electron chi connectivity index (χ0n) is 13.4. The van der Waals surface area contributed by atoms with Crippen molar-refractivity contribution >= 4 is 23.5 Å². The molecule has 0 saturated heterocycles. The van der Waals surface area contributed by atoms with E-state index < -0.39 is 23.9 Å². The molecule has 0 fully saturated rings. The predicted octanol–water partition coefficient (Wildman–Crippen LogP) is 2.63. The monoisotopic (exact) mass is 337 g/mol. The Hall–Kier alpha value is -3.41. The summed E-state index contributed by atoms with van der Waals surface area (Å²) in [7, 11) is 0. The first kappa shape index (κ1) is 16.4. The van der Waals surface area contributed by atoms with Gasteiger partial charge in [0.1, 0.15) is 5.75 Å². The lowest BCUT2D eigenvalue weighted by atomic mass is 10.0. The first-order valence-electron chi connectivity index (χ1n) is 7.59. The third-order valence-electron chi connectivity index (χ3n) is 3.80. The normalized spacial score (nSPS) is 16.4. The van der Waals surface area contributed by atoms with Crippen molar-refractivity contribution in [3.05, 3.63) is 71.8 Å². The van der Waals surface area contributed by atoms with Gasteiger partial charge in [-0.3, -0.25) is 9.59 Å². The molecule has 6 nitrogen and oxygen atoms in total. The average Bonchev–Trinajstić information content (AvgIpc) is 2.60. The van der Waals surface area contributed by atoms with Crippen molar-refractivity contribution in [1.82, 2.24) is 0 Å². The highest BCUT2D eigenvalue weighted by Gasteiger charge is 2.38. The first-order valence-corrected chi connectivity index (χ1v) is 7.59. The van der Waals surface area contributed by atoms with E-state index in [1.165, 1.54) is 0 Å². The number of hydrogen-bond donors (Lipinski definition) is 1. The Bertz CT molecular complexity index is 873. The van der Waals surface area contributed by atoms with Gasteiger partial charge in [-0.15, -0.1) is 0 Å². The van der Waals surface area contributed by atoms with Crippen LogP contribution in [0.2, 0.25) is 0 Å². The lowest BCUT2D eigenvalue weighted by Crippen LogP contribution is -2.44. The Kier molecular flexibility index (Phi) is 4.35. The van der Waals surface area contributed by atoms with E-state index in [4.69, 9.17) is 9.84 Å². The highest BCUT2D eigenvalue weighted by molar-refractivity contribution is 6.22. The number of nitrogens with zero attached hydrogens (tertiary/aromatic N) is 1. The quantitative estimate of drug-likeness (QED) is 0.871. The summed E-state index contributed by atoms with van der Waals surface area (Å²) in [6.45, 7) is 1.81. The molecule has 1 heterocycles. The number of carboxylic acids is 1. The van der Waals surface area contributed by atoms with Crippen LogP contribution in [0.4, 0.5) is 5.69 Å². The summed E-state index contributed by atoms with van der Waals surface area (Å²) in [6.07, 6.45) is 0.592. The molecule has 0 radical (unpaired) electrons. The fraction of sp³-hybridized carbons (Fsp3) is 0.105. The molecular formula is C19H15NO5. The third kappa shape index (κ3) is 3.14. The van der Waals surface area contributed by atoms with Gasteiger partial charge in [0.05, 0.1) is 5.69 Å². The Labute approximate surface area is 143 Å². The van der Waals surface area contributed by atoms with Crippen molar-refractivity contribution in [2.24, 2.45) is 0 Å². The number of hydrogen-bond acceptors (Lipinski definition) is 4. The van der Waals surface area contributed by atoms with E-state index in [-0.39, 0.29) is 0 Å². The molecule has 0 saturated carbocycles. The molecule has 6 heteroatoms. The van der Waals surface area contributed by atoms with E-state index in [0.29, 0.717) is 23.1 Å². The molecular weight excluding hydrogens is 322 g/mol. The summed E-state index contributed by atoms with van der Waals surface area (Å²) in [5, 5.41) is 8.73. The van der Waals surface area contributed by atoms with Crippen LogP contribution in [0.15, 0.2) is 60.7 Å². The number of carbonyl (C=O) groups is 3. The summed E-state index contributed by atoms with van der Waals surface area (Å²) in [5.41, 5.74) is 1.68. The van der Waals surface area contributed by atoms with Crippen molar-refractivity contribution in [1.29, 1.82) is 0 Å². The largest absolute Gasteiger partial charge is 0.478 e. The molecule has 1 atom stereocenters. The van der Waals surface area contributed by atoms with E-state index in [1.807, 2.05) is 19.1 Å². The number of imide groups is 1. The van der Waals surface area contributed by atoms with Crippen LogP contribution in [0.5, 0.6) is 5.75 Å². The summed E-state index contributed by atoms with van der Waals surface area (Å²) in [4.78, 5) is 37.0. The molecule has 1 aliphatic rings. The van der Waals surface area contributed by atoms with Crippen LogP contribution in [0.1, 0.15) is 17.2 Å². The Balaban J connectivity index is 2.09. The number of carbonyl (C=O) groups excluding carboxylic acids is 2. The number of ether oxygens (including phenoxy) is 1. The second-order valence-corrected chi connectivity index (χ2v) is 5.52. The van der Waals surface area contributed by atoms with Gasteiger partial charge in [-0.05, 0) is 18.6 Å². The number of amides is 2. The predicted molar refractivity (Wildman–Crippen MR) is 90.3 cm³/mol. The molecule has 0 aliphatic carbocycles. The molecule has 2 aromatic carbocycles. The molecule has 0 spiro atoms. The number of anilines is 1. The van der Waals surface area contributed by atoms with Gasteiger partial charge in [-0.2, -0.15) is 0 Å². The van der Waals surface area contributed by atoms with Gasteiger partial charge in [0.15, 0.2) is 0 Å². The smallest absolute Gasteiger partial charge is 0.328 e. The molecule has 25 heavy (non-hydrogen) atoms.